The second-order valence-electron chi connectivity index (χ2n) is 5.26. The minimum absolute atomic E-state index is 0. The average Bonchev–Trinajstić information content (AvgIpc) is 2.51. The molecular weight excluding hydrogens is 390 g/mol. The third-order valence-corrected chi connectivity index (χ3v) is 3.02. The van der Waals surface area contributed by atoms with Gasteiger partial charge in [-0.15, -0.1) is 17.2 Å². The molecule has 23 heavy (non-hydrogen) atoms. The molecule has 4 radical (unpaired) electrons. The van der Waals surface area contributed by atoms with Gasteiger partial charge in [0, 0.05) is 23.9 Å². The van der Waals surface area contributed by atoms with Gasteiger partial charge in [0.2, 0.25) is 0 Å². The van der Waals surface area contributed by atoms with Gasteiger partial charge in [-0.3, -0.25) is 0 Å². The summed E-state index contributed by atoms with van der Waals surface area (Å²) in [5, 5.41) is 0. The van der Waals surface area contributed by atoms with Crippen molar-refractivity contribution in [3.8, 4) is 0 Å². The Morgan fingerprint density at radius 1 is 0.609 bits per heavy atom. The van der Waals surface area contributed by atoms with Crippen LogP contribution in [-0.4, -0.2) is 23.9 Å². The first-order chi connectivity index (χ1) is 10.2. The second-order valence-corrected chi connectivity index (χ2v) is 5.26. The van der Waals surface area contributed by atoms with Gasteiger partial charge in [-0.2, -0.15) is 0 Å². The van der Waals surface area contributed by atoms with Crippen LogP contribution in [0.4, 0.5) is 0 Å². The predicted molar refractivity (Wildman–Crippen MR) is 98.8 cm³/mol. The SMILES string of the molecule is CC1=CC=C=CC1.CC1=CC=C=CC1.CC1=CC=C=CC1.[F-].[Sn]. The summed E-state index contributed by atoms with van der Waals surface area (Å²) in [5.41, 5.74) is 13.2. The summed E-state index contributed by atoms with van der Waals surface area (Å²) in [7, 11) is 0. The molecule has 3 aliphatic rings. The van der Waals surface area contributed by atoms with Crippen LogP contribution in [0.5, 0.6) is 0 Å². The molecule has 3 aliphatic carbocycles. The van der Waals surface area contributed by atoms with E-state index in [2.05, 4.69) is 56.2 Å². The molecule has 0 aromatic rings. The molecule has 0 bridgehead atoms. The van der Waals surface area contributed by atoms with Crippen LogP contribution < -0.4 is 4.70 Å². The molecule has 0 heterocycles. The maximum absolute atomic E-state index is 2.99. The van der Waals surface area contributed by atoms with Gasteiger partial charge in [0.15, 0.2) is 0 Å². The molecule has 0 aliphatic heterocycles. The van der Waals surface area contributed by atoms with E-state index in [-0.39, 0.29) is 28.6 Å². The summed E-state index contributed by atoms with van der Waals surface area (Å²) < 4.78 is 0. The molecule has 0 amide bonds. The van der Waals surface area contributed by atoms with Crippen LogP contribution in [-0.2, 0) is 0 Å². The number of hydrogen-bond donors (Lipinski definition) is 0. The van der Waals surface area contributed by atoms with Crippen LogP contribution in [0, 0.1) is 0 Å². The van der Waals surface area contributed by atoms with Gasteiger partial charge in [0.25, 0.3) is 0 Å². The summed E-state index contributed by atoms with van der Waals surface area (Å²) >= 11 is 0. The monoisotopic (exact) mass is 415 g/mol. The molecule has 0 atom stereocenters. The van der Waals surface area contributed by atoms with Crippen molar-refractivity contribution < 1.29 is 4.70 Å². The largest absolute Gasteiger partial charge is 1.00 e. The topological polar surface area (TPSA) is 0 Å². The Morgan fingerprint density at radius 2 is 0.870 bits per heavy atom. The van der Waals surface area contributed by atoms with Crippen LogP contribution >= 0.6 is 0 Å². The minimum atomic E-state index is 0. The van der Waals surface area contributed by atoms with Gasteiger partial charge in [0.1, 0.15) is 0 Å². The van der Waals surface area contributed by atoms with Gasteiger partial charge >= 0.3 is 0 Å². The number of rotatable bonds is 0. The summed E-state index contributed by atoms with van der Waals surface area (Å²) in [6.07, 6.45) is 21.4. The molecule has 3 rings (SSSR count). The molecular formula is C21H24FSn-. The van der Waals surface area contributed by atoms with E-state index in [0.29, 0.717) is 0 Å². The molecule has 0 spiro atoms. The molecule has 2 heteroatoms. The van der Waals surface area contributed by atoms with Gasteiger partial charge in [-0.1, -0.05) is 34.9 Å². The molecule has 0 fully saturated rings. The first-order valence-electron chi connectivity index (χ1n) is 7.38. The fraction of sp³-hybridized carbons (Fsp3) is 0.286. The Bertz CT molecular complexity index is 532. The molecule has 0 nitrogen and oxygen atoms in total. The van der Waals surface area contributed by atoms with Crippen molar-refractivity contribution in [2.24, 2.45) is 0 Å². The zero-order valence-electron chi connectivity index (χ0n) is 14.2. The second kappa shape index (κ2) is 15.4. The summed E-state index contributed by atoms with van der Waals surface area (Å²) in [6.45, 7) is 6.36. The Balaban J connectivity index is 0. The first kappa shape index (κ1) is 23.8. The zero-order chi connectivity index (χ0) is 15.3. The maximum atomic E-state index is 2.99. The first-order valence-corrected chi connectivity index (χ1v) is 7.38. The molecule has 0 saturated heterocycles. The predicted octanol–water partition coefficient (Wildman–Crippen LogP) is 2.77. The van der Waals surface area contributed by atoms with E-state index in [0.717, 1.165) is 19.3 Å². The summed E-state index contributed by atoms with van der Waals surface area (Å²) in [6, 6.07) is 0. The molecule has 0 aromatic heterocycles. The summed E-state index contributed by atoms with van der Waals surface area (Å²) in [4.78, 5) is 0. The fourth-order valence-electron chi connectivity index (χ4n) is 1.64. The van der Waals surface area contributed by atoms with Crippen molar-refractivity contribution in [3.05, 3.63) is 88.6 Å². The quantitative estimate of drug-likeness (QED) is 0.423. The van der Waals surface area contributed by atoms with Crippen molar-refractivity contribution in [2.45, 2.75) is 40.0 Å². The van der Waals surface area contributed by atoms with Crippen molar-refractivity contribution in [1.29, 1.82) is 0 Å². The van der Waals surface area contributed by atoms with E-state index >= 15 is 0 Å². The van der Waals surface area contributed by atoms with Crippen LogP contribution in [0.25, 0.3) is 0 Å². The van der Waals surface area contributed by atoms with Crippen LogP contribution in [0.1, 0.15) is 40.0 Å². The smallest absolute Gasteiger partial charge is 0 e. The third-order valence-electron chi connectivity index (χ3n) is 3.02. The van der Waals surface area contributed by atoms with E-state index in [9.17, 15) is 0 Å². The van der Waals surface area contributed by atoms with Gasteiger partial charge in [-0.05, 0) is 76.5 Å². The number of allylic oxidation sites excluding steroid dienone is 9. The number of halogens is 1. The van der Waals surface area contributed by atoms with Crippen LogP contribution in [0.15, 0.2) is 88.6 Å². The van der Waals surface area contributed by atoms with Gasteiger partial charge in [-0.25, -0.2) is 0 Å². The average molecular weight is 414 g/mol. The Hall–Kier alpha value is -1.49. The van der Waals surface area contributed by atoms with Crippen molar-refractivity contribution in [2.75, 3.05) is 0 Å². The molecule has 0 aromatic carbocycles. The van der Waals surface area contributed by atoms with Gasteiger partial charge in [0.05, 0.1) is 0 Å². The molecule has 120 valence electrons. The molecule has 0 N–H and O–H groups in total. The third kappa shape index (κ3) is 13.9. The minimum Gasteiger partial charge on any atom is -1.00 e. The molecule has 0 saturated carbocycles. The Kier molecular flexibility index (Phi) is 15.9. The van der Waals surface area contributed by atoms with Crippen molar-refractivity contribution >= 4 is 23.9 Å². The van der Waals surface area contributed by atoms with E-state index in [1.807, 2.05) is 36.5 Å². The van der Waals surface area contributed by atoms with E-state index in [1.165, 1.54) is 16.7 Å². The summed E-state index contributed by atoms with van der Waals surface area (Å²) in [5.74, 6) is 0. The maximum Gasteiger partial charge on any atom is 0 e. The van der Waals surface area contributed by atoms with Crippen LogP contribution in [0.2, 0.25) is 0 Å². The zero-order valence-corrected chi connectivity index (χ0v) is 17.0. The van der Waals surface area contributed by atoms with Crippen molar-refractivity contribution in [3.63, 3.8) is 0 Å². The number of hydrogen-bond acceptors (Lipinski definition) is 0. The van der Waals surface area contributed by atoms with E-state index in [1.54, 1.807) is 0 Å². The normalized spacial score (nSPS) is 15.5. The fourth-order valence-corrected chi connectivity index (χ4v) is 1.64. The Morgan fingerprint density at radius 3 is 0.957 bits per heavy atom. The van der Waals surface area contributed by atoms with E-state index < -0.39 is 0 Å². The Labute approximate surface area is 157 Å². The van der Waals surface area contributed by atoms with E-state index in [4.69, 9.17) is 0 Å². The van der Waals surface area contributed by atoms with Crippen molar-refractivity contribution in [1.82, 2.24) is 0 Å². The standard InChI is InChI=1S/3C7H8.FH.Sn/c3*1-7-5-3-2-4-6-7;;/h3*3-5H,6H2,1H3;1H;/p-1. The van der Waals surface area contributed by atoms with Gasteiger partial charge < -0.3 is 4.70 Å². The van der Waals surface area contributed by atoms with Crippen LogP contribution in [0.3, 0.4) is 0 Å². The molecule has 0 unspecified atom stereocenters.